The summed E-state index contributed by atoms with van der Waals surface area (Å²) < 4.78 is 33.7. The molecule has 0 fully saturated rings. The van der Waals surface area contributed by atoms with Crippen molar-refractivity contribution in [2.45, 2.75) is 30.1 Å². The number of sulfonamides is 1. The molecule has 0 bridgehead atoms. The zero-order valence-corrected chi connectivity index (χ0v) is 19.4. The third-order valence-corrected chi connectivity index (χ3v) is 8.70. The Morgan fingerprint density at radius 1 is 1.24 bits per heavy atom. The highest BCUT2D eigenvalue weighted by Gasteiger charge is 2.26. The van der Waals surface area contributed by atoms with Gasteiger partial charge in [-0.2, -0.15) is 0 Å². The van der Waals surface area contributed by atoms with Crippen LogP contribution in [0.4, 0.5) is 5.69 Å². The molecule has 7 nitrogen and oxygen atoms in total. The third kappa shape index (κ3) is 4.63. The van der Waals surface area contributed by atoms with Gasteiger partial charge in [-0.1, -0.05) is 11.8 Å². The van der Waals surface area contributed by atoms with E-state index < -0.39 is 16.0 Å². The lowest BCUT2D eigenvalue weighted by Crippen LogP contribution is -2.15. The van der Waals surface area contributed by atoms with Crippen LogP contribution in [0, 0.1) is 13.8 Å². The summed E-state index contributed by atoms with van der Waals surface area (Å²) in [5.74, 6) is -0.538. The highest BCUT2D eigenvalue weighted by molar-refractivity contribution is 7.98. The second-order valence-electron chi connectivity index (χ2n) is 5.86. The summed E-state index contributed by atoms with van der Waals surface area (Å²) in [6, 6.07) is 4.98. The molecule has 0 unspecified atom stereocenters. The van der Waals surface area contributed by atoms with Gasteiger partial charge in [0.1, 0.15) is 9.09 Å². The number of aromatic nitrogens is 2. The molecule has 0 aliphatic heterocycles. The first-order chi connectivity index (χ1) is 13.8. The van der Waals surface area contributed by atoms with E-state index in [4.69, 9.17) is 4.74 Å². The average Bonchev–Trinajstić information content (AvgIpc) is 3.30. The molecule has 0 aliphatic rings. The minimum absolute atomic E-state index is 0.134. The standard InChI is InChI=1S/C18H19N3O4S4/c1-5-25-17(22)16-15(10(2)11(3)27-16)21-29(23,24)14-7-6-13(28-14)12-8-9-19-18(20-12)26-4/h6-9,21H,5H2,1-4H3. The molecular formula is C18H19N3O4S4. The second-order valence-corrected chi connectivity index (χ2v) is 10.9. The SMILES string of the molecule is CCOC(=O)c1sc(C)c(C)c1NS(=O)(=O)c1ccc(-c2ccnc(SC)n2)s1. The first-order valence-corrected chi connectivity index (χ1v) is 12.9. The Hall–Kier alpha value is -1.95. The van der Waals surface area contributed by atoms with Gasteiger partial charge >= 0.3 is 5.97 Å². The Bertz CT molecular complexity index is 1150. The van der Waals surface area contributed by atoms with Crippen LogP contribution in [0.1, 0.15) is 27.0 Å². The molecule has 0 aliphatic carbocycles. The average molecular weight is 470 g/mol. The summed E-state index contributed by atoms with van der Waals surface area (Å²) in [6.07, 6.45) is 3.52. The van der Waals surface area contributed by atoms with E-state index >= 15 is 0 Å². The van der Waals surface area contributed by atoms with Crippen molar-refractivity contribution in [3.63, 3.8) is 0 Å². The normalized spacial score (nSPS) is 11.4. The van der Waals surface area contributed by atoms with Gasteiger partial charge in [0.15, 0.2) is 5.16 Å². The zero-order valence-electron chi connectivity index (χ0n) is 16.2. The van der Waals surface area contributed by atoms with Crippen LogP contribution in [0.3, 0.4) is 0 Å². The summed E-state index contributed by atoms with van der Waals surface area (Å²) in [6.45, 7) is 5.53. The fourth-order valence-corrected chi connectivity index (χ4v) is 6.30. The predicted octanol–water partition coefficient (Wildman–Crippen LogP) is 4.58. The lowest BCUT2D eigenvalue weighted by molar-refractivity contribution is 0.0533. The van der Waals surface area contributed by atoms with Crippen molar-refractivity contribution in [1.82, 2.24) is 9.97 Å². The zero-order chi connectivity index (χ0) is 21.2. The van der Waals surface area contributed by atoms with E-state index in [2.05, 4.69) is 14.7 Å². The lowest BCUT2D eigenvalue weighted by atomic mass is 10.2. The van der Waals surface area contributed by atoms with E-state index in [1.54, 1.807) is 32.2 Å². The Labute approximate surface area is 181 Å². The smallest absolute Gasteiger partial charge is 0.350 e. The molecule has 0 atom stereocenters. The number of carbonyl (C=O) groups is 1. The quantitative estimate of drug-likeness (QED) is 0.307. The van der Waals surface area contributed by atoms with Gasteiger partial charge in [0.2, 0.25) is 0 Å². The molecule has 3 aromatic rings. The monoisotopic (exact) mass is 469 g/mol. The fraction of sp³-hybridized carbons (Fsp3) is 0.278. The van der Waals surface area contributed by atoms with E-state index in [9.17, 15) is 13.2 Å². The van der Waals surface area contributed by atoms with Crippen molar-refractivity contribution in [3.05, 3.63) is 39.7 Å². The highest BCUT2D eigenvalue weighted by Crippen LogP contribution is 2.36. The minimum atomic E-state index is -3.88. The lowest BCUT2D eigenvalue weighted by Gasteiger charge is -2.09. The number of anilines is 1. The largest absolute Gasteiger partial charge is 0.462 e. The molecule has 0 saturated heterocycles. The van der Waals surface area contributed by atoms with Crippen LogP contribution in [0.5, 0.6) is 0 Å². The van der Waals surface area contributed by atoms with Crippen LogP contribution >= 0.6 is 34.4 Å². The van der Waals surface area contributed by atoms with Crippen LogP contribution in [-0.4, -0.2) is 37.2 Å². The number of esters is 1. The third-order valence-electron chi connectivity index (χ3n) is 4.00. The van der Waals surface area contributed by atoms with E-state index in [-0.39, 0.29) is 21.4 Å². The van der Waals surface area contributed by atoms with Crippen LogP contribution in [0.15, 0.2) is 33.8 Å². The van der Waals surface area contributed by atoms with Crippen LogP contribution in [0.25, 0.3) is 10.6 Å². The van der Waals surface area contributed by atoms with Crippen molar-refractivity contribution in [1.29, 1.82) is 0 Å². The number of thioether (sulfide) groups is 1. The molecule has 3 heterocycles. The molecule has 0 saturated carbocycles. The molecule has 0 aromatic carbocycles. The van der Waals surface area contributed by atoms with E-state index in [0.717, 1.165) is 16.2 Å². The summed E-state index contributed by atoms with van der Waals surface area (Å²) in [7, 11) is -3.88. The Balaban J connectivity index is 1.93. The molecular weight excluding hydrogens is 450 g/mol. The Morgan fingerprint density at radius 3 is 2.69 bits per heavy atom. The van der Waals surface area contributed by atoms with Gasteiger partial charge < -0.3 is 4.74 Å². The Morgan fingerprint density at radius 2 is 2.00 bits per heavy atom. The number of nitrogens with zero attached hydrogens (tertiary/aromatic N) is 2. The topological polar surface area (TPSA) is 98.2 Å². The van der Waals surface area contributed by atoms with Crippen LogP contribution in [-0.2, 0) is 14.8 Å². The molecule has 154 valence electrons. The van der Waals surface area contributed by atoms with Crippen LogP contribution in [0.2, 0.25) is 0 Å². The summed E-state index contributed by atoms with van der Waals surface area (Å²) >= 11 is 3.73. The van der Waals surface area contributed by atoms with Crippen molar-refractivity contribution in [2.24, 2.45) is 0 Å². The molecule has 29 heavy (non-hydrogen) atoms. The maximum atomic E-state index is 13.0. The van der Waals surface area contributed by atoms with Gasteiger partial charge in [-0.05, 0) is 50.8 Å². The van der Waals surface area contributed by atoms with Crippen molar-refractivity contribution in [2.75, 3.05) is 17.6 Å². The maximum Gasteiger partial charge on any atom is 0.350 e. The number of hydrogen-bond acceptors (Lipinski definition) is 9. The number of rotatable bonds is 7. The molecule has 3 aromatic heterocycles. The summed E-state index contributed by atoms with van der Waals surface area (Å²) in [4.78, 5) is 22.6. The van der Waals surface area contributed by atoms with Gasteiger partial charge in [-0.3, -0.25) is 4.72 Å². The molecule has 1 N–H and O–H groups in total. The number of aryl methyl sites for hydroxylation is 1. The van der Waals surface area contributed by atoms with Crippen LogP contribution < -0.4 is 4.72 Å². The molecule has 0 amide bonds. The fourth-order valence-electron chi connectivity index (χ4n) is 2.45. The number of carbonyl (C=O) groups excluding carboxylic acids is 1. The summed E-state index contributed by atoms with van der Waals surface area (Å²) in [5.41, 5.74) is 1.64. The predicted molar refractivity (Wildman–Crippen MR) is 118 cm³/mol. The van der Waals surface area contributed by atoms with E-state index in [1.165, 1.54) is 29.2 Å². The number of ether oxygens (including phenoxy) is 1. The molecule has 11 heteroatoms. The first kappa shape index (κ1) is 21.8. The van der Waals surface area contributed by atoms with Crippen molar-refractivity contribution >= 4 is 56.1 Å². The van der Waals surface area contributed by atoms with Gasteiger partial charge in [-0.15, -0.1) is 22.7 Å². The van der Waals surface area contributed by atoms with Gasteiger partial charge in [0.25, 0.3) is 10.0 Å². The maximum absolute atomic E-state index is 13.0. The number of hydrogen-bond donors (Lipinski definition) is 1. The minimum Gasteiger partial charge on any atom is -0.462 e. The molecule has 3 rings (SSSR count). The Kier molecular flexibility index (Phi) is 6.62. The van der Waals surface area contributed by atoms with E-state index in [1.807, 2.05) is 13.2 Å². The van der Waals surface area contributed by atoms with Crippen molar-refractivity contribution < 1.29 is 17.9 Å². The summed E-state index contributed by atoms with van der Waals surface area (Å²) in [5, 5.41) is 0.613. The van der Waals surface area contributed by atoms with E-state index in [0.29, 0.717) is 21.3 Å². The number of nitrogens with one attached hydrogen (secondary N) is 1. The first-order valence-electron chi connectivity index (χ1n) is 8.54. The molecule has 0 radical (unpaired) electrons. The van der Waals surface area contributed by atoms with Gasteiger partial charge in [0.05, 0.1) is 22.9 Å². The second kappa shape index (κ2) is 8.82. The highest BCUT2D eigenvalue weighted by atomic mass is 32.2. The van der Waals surface area contributed by atoms with Gasteiger partial charge in [-0.25, -0.2) is 23.2 Å². The molecule has 0 spiro atoms. The number of thiophene rings is 2. The van der Waals surface area contributed by atoms with Gasteiger partial charge in [0, 0.05) is 11.1 Å². The van der Waals surface area contributed by atoms with Crippen molar-refractivity contribution in [3.8, 4) is 10.6 Å².